The lowest BCUT2D eigenvalue weighted by Gasteiger charge is -2.32. The van der Waals surface area contributed by atoms with Crippen LogP contribution in [0.15, 0.2) is 79.0 Å². The molecule has 0 bridgehead atoms. The van der Waals surface area contributed by atoms with E-state index in [4.69, 9.17) is 4.98 Å². The van der Waals surface area contributed by atoms with Gasteiger partial charge in [-0.1, -0.05) is 67.8 Å². The molecule has 0 saturated heterocycles. The van der Waals surface area contributed by atoms with Gasteiger partial charge in [0.2, 0.25) is 0 Å². The third kappa shape index (κ3) is 5.20. The zero-order valence-electron chi connectivity index (χ0n) is 19.2. The number of benzene rings is 2. The molecule has 1 unspecified atom stereocenters. The maximum atomic E-state index is 13.6. The van der Waals surface area contributed by atoms with Crippen molar-refractivity contribution in [3.63, 3.8) is 0 Å². The molecule has 1 saturated carbocycles. The number of rotatable bonds is 8. The molecule has 1 atom stereocenters. The lowest BCUT2D eigenvalue weighted by Crippen LogP contribution is -2.33. The van der Waals surface area contributed by atoms with Crippen LogP contribution in [0.1, 0.15) is 66.8 Å². The zero-order chi connectivity index (χ0) is 23.2. The zero-order valence-corrected chi connectivity index (χ0v) is 19.2. The maximum absolute atomic E-state index is 13.6. The molecule has 0 amide bonds. The lowest BCUT2D eigenvalue weighted by atomic mass is 9.95. The van der Waals surface area contributed by atoms with Crippen molar-refractivity contribution in [1.29, 1.82) is 0 Å². The second kappa shape index (κ2) is 10.7. The molecular weight excluding hydrogens is 427 g/mol. The van der Waals surface area contributed by atoms with Crippen LogP contribution in [0.25, 0.3) is 0 Å². The van der Waals surface area contributed by atoms with Crippen molar-refractivity contribution in [1.82, 2.24) is 30.1 Å². The first-order valence-electron chi connectivity index (χ1n) is 12.0. The fourth-order valence-electron chi connectivity index (χ4n) is 4.87. The van der Waals surface area contributed by atoms with Gasteiger partial charge < -0.3 is 0 Å². The van der Waals surface area contributed by atoms with Crippen LogP contribution in [-0.4, -0.2) is 30.1 Å². The second-order valence-electron chi connectivity index (χ2n) is 8.95. The van der Waals surface area contributed by atoms with Crippen LogP contribution in [0.4, 0.5) is 4.39 Å². The first-order valence-corrected chi connectivity index (χ1v) is 12.0. The van der Waals surface area contributed by atoms with Gasteiger partial charge in [0.25, 0.3) is 0 Å². The largest absolute Gasteiger partial charge is 0.280 e. The average Bonchev–Trinajstić information content (AvgIpc) is 3.37. The van der Waals surface area contributed by atoms with Crippen LogP contribution in [0.5, 0.6) is 0 Å². The summed E-state index contributed by atoms with van der Waals surface area (Å²) in [6.45, 7) is 1.28. The number of nitrogens with zero attached hydrogens (tertiary/aromatic N) is 6. The van der Waals surface area contributed by atoms with Gasteiger partial charge in [-0.15, -0.1) is 5.10 Å². The standard InChI is InChI=1S/C27H29FN6/c28-23-16-14-22(15-17-23)20-33(19-21-9-3-1-4-10-21)26(25-13-7-8-18-29-25)27-30-31-32-34(27)24-11-5-2-6-12-24/h1,3-4,7-10,13-18,24,26H,2,5-6,11-12,19-20H2. The van der Waals surface area contributed by atoms with Crippen molar-refractivity contribution in [2.45, 2.75) is 57.3 Å². The molecule has 5 rings (SSSR count). The third-order valence-electron chi connectivity index (χ3n) is 6.54. The highest BCUT2D eigenvalue weighted by molar-refractivity contribution is 5.23. The van der Waals surface area contributed by atoms with Crippen LogP contribution in [0.2, 0.25) is 0 Å². The molecule has 1 fully saturated rings. The van der Waals surface area contributed by atoms with Crippen LogP contribution >= 0.6 is 0 Å². The predicted octanol–water partition coefficient (Wildman–Crippen LogP) is 5.50. The van der Waals surface area contributed by atoms with Crippen molar-refractivity contribution < 1.29 is 4.39 Å². The Morgan fingerprint density at radius 1 is 0.853 bits per heavy atom. The quantitative estimate of drug-likeness (QED) is 0.350. The van der Waals surface area contributed by atoms with Gasteiger partial charge in [0.05, 0.1) is 11.7 Å². The van der Waals surface area contributed by atoms with Gasteiger partial charge in [0.1, 0.15) is 11.9 Å². The Labute approximate surface area is 199 Å². The fourth-order valence-corrected chi connectivity index (χ4v) is 4.87. The summed E-state index contributed by atoms with van der Waals surface area (Å²) in [5.74, 6) is 0.574. The lowest BCUT2D eigenvalue weighted by molar-refractivity contribution is 0.184. The van der Waals surface area contributed by atoms with E-state index in [1.165, 1.54) is 37.0 Å². The van der Waals surface area contributed by atoms with E-state index in [0.717, 1.165) is 29.9 Å². The van der Waals surface area contributed by atoms with Gasteiger partial charge in [-0.25, -0.2) is 9.07 Å². The topological polar surface area (TPSA) is 59.7 Å². The highest BCUT2D eigenvalue weighted by atomic mass is 19.1. The number of aromatic nitrogens is 5. The summed E-state index contributed by atoms with van der Waals surface area (Å²) in [4.78, 5) is 7.06. The Bertz CT molecular complexity index is 1160. The van der Waals surface area contributed by atoms with Gasteiger partial charge >= 0.3 is 0 Å². The summed E-state index contributed by atoms with van der Waals surface area (Å²) in [5, 5.41) is 13.1. The third-order valence-corrected chi connectivity index (χ3v) is 6.54. The molecule has 2 aromatic heterocycles. The number of hydrogen-bond donors (Lipinski definition) is 0. The first-order chi connectivity index (χ1) is 16.8. The highest BCUT2D eigenvalue weighted by Crippen LogP contribution is 2.34. The molecule has 0 N–H and O–H groups in total. The number of pyridine rings is 1. The SMILES string of the molecule is Fc1ccc(CN(Cc2ccccc2)C(c2ccccn2)c2nnnn2C2CCCCC2)cc1. The molecule has 7 heteroatoms. The molecule has 4 aromatic rings. The van der Waals surface area contributed by atoms with Crippen molar-refractivity contribution in [3.8, 4) is 0 Å². The molecule has 0 radical (unpaired) electrons. The number of tetrazole rings is 1. The summed E-state index contributed by atoms with van der Waals surface area (Å²) in [6.07, 6.45) is 7.65. The fraction of sp³-hybridized carbons (Fsp3) is 0.333. The summed E-state index contributed by atoms with van der Waals surface area (Å²) in [7, 11) is 0. The first kappa shape index (κ1) is 22.3. The molecule has 2 heterocycles. The Kier molecular flexibility index (Phi) is 7.00. The van der Waals surface area contributed by atoms with Crippen molar-refractivity contribution in [3.05, 3.63) is 107 Å². The van der Waals surface area contributed by atoms with E-state index < -0.39 is 0 Å². The van der Waals surface area contributed by atoms with Crippen LogP contribution in [0.3, 0.4) is 0 Å². The van der Waals surface area contributed by atoms with Gasteiger partial charge in [-0.05, 0) is 58.7 Å². The minimum absolute atomic E-state index is 0.235. The van der Waals surface area contributed by atoms with E-state index in [0.29, 0.717) is 19.1 Å². The molecular formula is C27H29FN6. The van der Waals surface area contributed by atoms with Gasteiger partial charge in [0, 0.05) is 19.3 Å². The monoisotopic (exact) mass is 456 g/mol. The minimum atomic E-state index is -0.247. The van der Waals surface area contributed by atoms with E-state index in [-0.39, 0.29) is 11.9 Å². The van der Waals surface area contributed by atoms with E-state index >= 15 is 0 Å². The van der Waals surface area contributed by atoms with Gasteiger partial charge in [-0.3, -0.25) is 9.88 Å². The molecule has 34 heavy (non-hydrogen) atoms. The Morgan fingerprint density at radius 3 is 2.26 bits per heavy atom. The maximum Gasteiger partial charge on any atom is 0.174 e. The van der Waals surface area contributed by atoms with Crippen molar-refractivity contribution >= 4 is 0 Å². The Morgan fingerprint density at radius 2 is 1.56 bits per heavy atom. The molecule has 0 aliphatic heterocycles. The molecule has 6 nitrogen and oxygen atoms in total. The average molecular weight is 457 g/mol. The van der Waals surface area contributed by atoms with E-state index in [1.54, 1.807) is 0 Å². The molecule has 1 aliphatic carbocycles. The Hall–Kier alpha value is -3.45. The summed E-state index contributed by atoms with van der Waals surface area (Å²) < 4.78 is 15.7. The van der Waals surface area contributed by atoms with E-state index in [9.17, 15) is 4.39 Å². The predicted molar refractivity (Wildman–Crippen MR) is 128 cm³/mol. The smallest absolute Gasteiger partial charge is 0.174 e. The number of halogens is 1. The van der Waals surface area contributed by atoms with E-state index in [2.05, 4.69) is 32.6 Å². The summed E-state index contributed by atoms with van der Waals surface area (Å²) >= 11 is 0. The summed E-state index contributed by atoms with van der Waals surface area (Å²) in [5.41, 5.74) is 3.10. The van der Waals surface area contributed by atoms with Gasteiger partial charge in [0.15, 0.2) is 5.82 Å². The minimum Gasteiger partial charge on any atom is -0.280 e. The summed E-state index contributed by atoms with van der Waals surface area (Å²) in [6, 6.07) is 23.1. The molecule has 174 valence electrons. The Balaban J connectivity index is 1.57. The molecule has 0 spiro atoms. The van der Waals surface area contributed by atoms with Crippen LogP contribution < -0.4 is 0 Å². The van der Waals surface area contributed by atoms with Crippen LogP contribution in [0, 0.1) is 5.82 Å². The molecule has 2 aromatic carbocycles. The van der Waals surface area contributed by atoms with Gasteiger partial charge in [-0.2, -0.15) is 0 Å². The van der Waals surface area contributed by atoms with Crippen molar-refractivity contribution in [2.24, 2.45) is 0 Å². The van der Waals surface area contributed by atoms with E-state index in [1.807, 2.05) is 59.4 Å². The molecule has 1 aliphatic rings. The normalized spacial score (nSPS) is 15.5. The van der Waals surface area contributed by atoms with Crippen molar-refractivity contribution in [2.75, 3.05) is 0 Å². The highest BCUT2D eigenvalue weighted by Gasteiger charge is 2.32. The number of hydrogen-bond acceptors (Lipinski definition) is 5. The second-order valence-corrected chi connectivity index (χ2v) is 8.95. The van der Waals surface area contributed by atoms with Crippen LogP contribution in [-0.2, 0) is 13.1 Å².